The highest BCUT2D eigenvalue weighted by Gasteiger charge is 2.23. The molecule has 0 unspecified atom stereocenters. The third-order valence-electron chi connectivity index (χ3n) is 3.78. The Morgan fingerprint density at radius 3 is 1.17 bits per heavy atom. The van der Waals surface area contributed by atoms with Crippen LogP contribution in [0.25, 0.3) is 0 Å². The van der Waals surface area contributed by atoms with Crippen molar-refractivity contribution in [2.75, 3.05) is 0 Å². The minimum absolute atomic E-state index is 0.823. The Labute approximate surface area is 176 Å². The summed E-state index contributed by atoms with van der Waals surface area (Å²) < 4.78 is 0. The molecule has 0 aliphatic heterocycles. The molecule has 148 valence electrons. The molecule has 0 fully saturated rings. The Morgan fingerprint density at radius 2 is 0.833 bits per heavy atom. The van der Waals surface area contributed by atoms with Crippen LogP contribution in [0.1, 0.15) is 90.9 Å². The highest BCUT2D eigenvalue weighted by molar-refractivity contribution is 7.64. The molecule has 0 nitrogen and oxygen atoms in total. The lowest BCUT2D eigenvalue weighted by Crippen LogP contribution is -2.11. The second-order valence-corrected chi connectivity index (χ2v) is 24.2. The van der Waals surface area contributed by atoms with Crippen LogP contribution in [0.15, 0.2) is 0 Å². The van der Waals surface area contributed by atoms with E-state index in [1.54, 1.807) is 0 Å². The highest BCUT2D eigenvalue weighted by Crippen LogP contribution is 2.27. The van der Waals surface area contributed by atoms with Crippen molar-refractivity contribution >= 4 is 68.1 Å². The van der Waals surface area contributed by atoms with Crippen LogP contribution in [0, 0.1) is 0 Å². The van der Waals surface area contributed by atoms with Gasteiger partial charge in [0.15, 0.2) is 0 Å². The molecule has 0 atom stereocenters. The molecule has 0 aromatic carbocycles. The van der Waals surface area contributed by atoms with Gasteiger partial charge in [-0.15, -0.1) is 55.4 Å². The van der Waals surface area contributed by atoms with E-state index in [2.05, 4.69) is 13.8 Å². The van der Waals surface area contributed by atoms with Crippen molar-refractivity contribution in [1.29, 1.82) is 0 Å². The van der Waals surface area contributed by atoms with Crippen LogP contribution in [0.5, 0.6) is 0 Å². The van der Waals surface area contributed by atoms with E-state index in [0.29, 0.717) is 0 Å². The third-order valence-corrected chi connectivity index (χ3v) is 8.77. The van der Waals surface area contributed by atoms with Crippen molar-refractivity contribution < 1.29 is 0 Å². The molecule has 0 aromatic rings. The molecule has 0 N–H and O–H groups in total. The zero-order chi connectivity index (χ0) is 18.9. The van der Waals surface area contributed by atoms with Gasteiger partial charge in [0.1, 0.15) is 0 Å². The lowest BCUT2D eigenvalue weighted by Gasteiger charge is -2.08. The molecule has 0 aliphatic rings. The quantitative estimate of drug-likeness (QED) is 0.133. The van der Waals surface area contributed by atoms with Crippen molar-refractivity contribution in [2.24, 2.45) is 0 Å². The van der Waals surface area contributed by atoms with E-state index in [0.717, 1.165) is 18.5 Å². The minimum Gasteiger partial charge on any atom is -0.146 e. The zero-order valence-electron chi connectivity index (χ0n) is 15.8. The first kappa shape index (κ1) is 28.1. The van der Waals surface area contributed by atoms with Crippen LogP contribution in [0.4, 0.5) is 0 Å². The minimum atomic E-state index is -2.31. The molecule has 0 saturated carbocycles. The molecule has 0 amide bonds. The van der Waals surface area contributed by atoms with Gasteiger partial charge in [-0.25, -0.2) is 0 Å². The predicted molar refractivity (Wildman–Crippen MR) is 123 cm³/mol. The molecule has 0 bridgehead atoms. The third kappa shape index (κ3) is 31.6. The van der Waals surface area contributed by atoms with Gasteiger partial charge in [-0.05, 0) is 18.6 Å². The van der Waals surface area contributed by atoms with Gasteiger partial charge >= 0.3 is 6.00 Å². The Kier molecular flexibility index (Phi) is 21.4. The molecular weight excluding hydrogens is 438 g/mol. The number of hydrogen-bond donors (Lipinski definition) is 0. The van der Waals surface area contributed by atoms with Crippen molar-refractivity contribution in [2.45, 2.75) is 110 Å². The largest absolute Gasteiger partial charge is 0.341 e. The van der Waals surface area contributed by atoms with Crippen LogP contribution >= 0.6 is 55.4 Å². The summed E-state index contributed by atoms with van der Waals surface area (Å²) in [5, 5.41) is 0. The zero-order valence-corrected chi connectivity index (χ0v) is 21.6. The van der Waals surface area contributed by atoms with Gasteiger partial charge in [0.05, 0.1) is 0 Å². The van der Waals surface area contributed by atoms with Crippen molar-refractivity contribution in [3.8, 4) is 0 Å². The van der Waals surface area contributed by atoms with E-state index in [9.17, 15) is 0 Å². The highest BCUT2D eigenvalue weighted by atomic mass is 35.8. The number of unbranched alkanes of at least 4 members (excludes halogenated alkanes) is 10. The summed E-state index contributed by atoms with van der Waals surface area (Å²) in [4.78, 5) is 0. The Balaban J connectivity index is 0. The number of halogens is 5. The van der Waals surface area contributed by atoms with Crippen molar-refractivity contribution in [3.05, 3.63) is 0 Å². The standard InChI is InChI=1S/C9H20Cl2Si.C8H17Cl3Si/c1-3-4-5-6-7-8-9-12(2,10)11;1-2-3-4-5-6-7-8-12(9,10)11/h3-9H2,1-2H3;2-8H2,1H3. The summed E-state index contributed by atoms with van der Waals surface area (Å²) in [7, 11) is 0. The maximum Gasteiger partial charge on any atom is 0.341 e. The molecule has 0 radical (unpaired) electrons. The maximum atomic E-state index is 5.98. The van der Waals surface area contributed by atoms with Gasteiger partial charge < -0.3 is 0 Å². The normalized spacial score (nSPS) is 12.0. The predicted octanol–water partition coefficient (Wildman–Crippen LogP) is 9.90. The molecule has 0 saturated heterocycles. The van der Waals surface area contributed by atoms with Crippen LogP contribution < -0.4 is 0 Å². The lowest BCUT2D eigenvalue weighted by atomic mass is 10.1. The SMILES string of the molecule is CCCCCCCC[Si](C)(Cl)Cl.CCCCCCCC[Si](Cl)(Cl)Cl. The Hall–Kier alpha value is 1.88. The summed E-state index contributed by atoms with van der Waals surface area (Å²) >= 11 is 29.2. The van der Waals surface area contributed by atoms with Crippen LogP contribution in [0.2, 0.25) is 18.6 Å². The van der Waals surface area contributed by atoms with Gasteiger partial charge in [0.25, 0.3) is 0 Å². The van der Waals surface area contributed by atoms with E-state index in [1.165, 1.54) is 70.6 Å². The van der Waals surface area contributed by atoms with Gasteiger partial charge in [-0.1, -0.05) is 90.9 Å². The molecule has 0 aromatic heterocycles. The van der Waals surface area contributed by atoms with Crippen molar-refractivity contribution in [1.82, 2.24) is 0 Å². The summed E-state index contributed by atoms with van der Waals surface area (Å²) in [6, 6.07) is -0.428. The number of rotatable bonds is 14. The first-order chi connectivity index (χ1) is 11.1. The Bertz CT molecular complexity index is 226. The summed E-state index contributed by atoms with van der Waals surface area (Å²) in [6.07, 6.45) is 15.5. The van der Waals surface area contributed by atoms with E-state index in [-0.39, 0.29) is 0 Å². The molecule has 0 aliphatic carbocycles. The first-order valence-corrected chi connectivity index (χ1v) is 19.5. The smallest absolute Gasteiger partial charge is 0.146 e. The second kappa shape index (κ2) is 18.3. The monoisotopic (exact) mass is 472 g/mol. The summed E-state index contributed by atoms with van der Waals surface area (Å²) in [6.45, 7) is 4.67. The van der Waals surface area contributed by atoms with Crippen molar-refractivity contribution in [3.63, 3.8) is 0 Å². The molecule has 7 heteroatoms. The van der Waals surface area contributed by atoms with Gasteiger partial charge in [0.2, 0.25) is 6.69 Å². The van der Waals surface area contributed by atoms with E-state index in [4.69, 9.17) is 55.4 Å². The summed E-state index contributed by atoms with van der Waals surface area (Å²) in [5.74, 6) is 0. The average Bonchev–Trinajstić information content (AvgIpc) is 2.45. The first-order valence-electron chi connectivity index (χ1n) is 9.57. The molecule has 0 heterocycles. The Morgan fingerprint density at radius 1 is 0.500 bits per heavy atom. The second-order valence-electron chi connectivity index (χ2n) is 6.72. The topological polar surface area (TPSA) is 0 Å². The maximum absolute atomic E-state index is 5.98. The van der Waals surface area contributed by atoms with Gasteiger partial charge in [-0.2, -0.15) is 0 Å². The molecular formula is C17H37Cl5Si2. The fourth-order valence-electron chi connectivity index (χ4n) is 2.32. The number of hydrogen-bond acceptors (Lipinski definition) is 0. The average molecular weight is 475 g/mol. The molecule has 0 rings (SSSR count). The fraction of sp³-hybridized carbons (Fsp3) is 1.00. The fourth-order valence-corrected chi connectivity index (χ4v) is 5.85. The van der Waals surface area contributed by atoms with Gasteiger partial charge in [0, 0.05) is 0 Å². The van der Waals surface area contributed by atoms with Crippen LogP contribution in [-0.2, 0) is 0 Å². The van der Waals surface area contributed by atoms with E-state index >= 15 is 0 Å². The summed E-state index contributed by atoms with van der Waals surface area (Å²) in [5.41, 5.74) is 0. The van der Waals surface area contributed by atoms with E-state index < -0.39 is 12.7 Å². The van der Waals surface area contributed by atoms with Gasteiger partial charge in [-0.3, -0.25) is 0 Å². The lowest BCUT2D eigenvalue weighted by molar-refractivity contribution is 0.623. The van der Waals surface area contributed by atoms with E-state index in [1.807, 2.05) is 6.55 Å². The van der Waals surface area contributed by atoms with Crippen LogP contribution in [0.3, 0.4) is 0 Å². The van der Waals surface area contributed by atoms with Crippen LogP contribution in [-0.4, -0.2) is 12.7 Å². The molecule has 0 spiro atoms. The molecule has 24 heavy (non-hydrogen) atoms.